The summed E-state index contributed by atoms with van der Waals surface area (Å²) in [5.74, 6) is 1.73. The van der Waals surface area contributed by atoms with E-state index in [0.717, 1.165) is 47.1 Å². The largest absolute Gasteiger partial charge is 0.493 e. The van der Waals surface area contributed by atoms with Gasteiger partial charge in [-0.3, -0.25) is 9.69 Å². The molecule has 0 unspecified atom stereocenters. The molecule has 1 amide bonds. The molecule has 242 valence electrons. The molecular formula is C36H41N3O6S. The van der Waals surface area contributed by atoms with Gasteiger partial charge in [-0.1, -0.05) is 48.5 Å². The molecule has 3 aromatic carbocycles. The van der Waals surface area contributed by atoms with Gasteiger partial charge in [-0.05, 0) is 47.4 Å². The lowest BCUT2D eigenvalue weighted by molar-refractivity contribution is -0.181. The van der Waals surface area contributed by atoms with Crippen LogP contribution in [0.4, 0.5) is 0 Å². The standard InChI is InChI=1S/C36H41N3O6S/c1-41-32-13-10-27(22-33(32)42-2)14-17-38(23-28-8-11-30(12-9-28)43-25-29-6-4-3-5-7-29)24-34-37-31(26-46-34)35(40)39-18-15-36(16-19-39)44-20-21-45-36/h3-13,22,26H,14-21,23-25H2,1-2H3. The van der Waals surface area contributed by atoms with Crippen LogP contribution in [-0.2, 0) is 35.6 Å². The molecule has 0 N–H and O–H groups in total. The smallest absolute Gasteiger partial charge is 0.273 e. The van der Waals surface area contributed by atoms with E-state index in [2.05, 4.69) is 35.2 Å². The summed E-state index contributed by atoms with van der Waals surface area (Å²) in [6.07, 6.45) is 2.20. The number of amides is 1. The summed E-state index contributed by atoms with van der Waals surface area (Å²) in [7, 11) is 3.30. The lowest BCUT2D eigenvalue weighted by Crippen LogP contribution is -2.47. The molecule has 0 radical (unpaired) electrons. The van der Waals surface area contributed by atoms with Crippen LogP contribution < -0.4 is 14.2 Å². The van der Waals surface area contributed by atoms with Crippen molar-refractivity contribution in [1.29, 1.82) is 0 Å². The van der Waals surface area contributed by atoms with Gasteiger partial charge in [-0.25, -0.2) is 4.98 Å². The highest BCUT2D eigenvalue weighted by Gasteiger charge is 2.41. The predicted molar refractivity (Wildman–Crippen MR) is 176 cm³/mol. The van der Waals surface area contributed by atoms with Gasteiger partial charge in [-0.15, -0.1) is 11.3 Å². The highest BCUT2D eigenvalue weighted by molar-refractivity contribution is 7.09. The molecule has 3 heterocycles. The van der Waals surface area contributed by atoms with Gasteiger partial charge in [0.1, 0.15) is 23.1 Å². The zero-order valence-corrected chi connectivity index (χ0v) is 27.3. The van der Waals surface area contributed by atoms with Gasteiger partial charge < -0.3 is 28.6 Å². The lowest BCUT2D eigenvalue weighted by atomic mass is 10.0. The van der Waals surface area contributed by atoms with Gasteiger partial charge in [-0.2, -0.15) is 0 Å². The highest BCUT2D eigenvalue weighted by Crippen LogP contribution is 2.32. The number of aromatic nitrogens is 1. The molecule has 1 aromatic heterocycles. The van der Waals surface area contributed by atoms with Gasteiger partial charge in [0.05, 0.1) is 34.0 Å². The maximum atomic E-state index is 13.3. The molecule has 10 heteroatoms. The molecule has 2 aliphatic heterocycles. The van der Waals surface area contributed by atoms with Crippen molar-refractivity contribution in [2.24, 2.45) is 0 Å². The first-order chi connectivity index (χ1) is 22.5. The van der Waals surface area contributed by atoms with E-state index in [4.69, 9.17) is 28.7 Å². The number of hydrogen-bond acceptors (Lipinski definition) is 9. The van der Waals surface area contributed by atoms with Crippen molar-refractivity contribution in [3.8, 4) is 17.2 Å². The fourth-order valence-electron chi connectivity index (χ4n) is 5.90. The molecule has 9 nitrogen and oxygen atoms in total. The Morgan fingerprint density at radius 2 is 1.61 bits per heavy atom. The average Bonchev–Trinajstić information content (AvgIpc) is 3.77. The molecule has 2 fully saturated rings. The summed E-state index contributed by atoms with van der Waals surface area (Å²) in [6.45, 7) is 5.13. The number of ether oxygens (including phenoxy) is 5. The van der Waals surface area contributed by atoms with Crippen LogP contribution in [0.25, 0.3) is 0 Å². The summed E-state index contributed by atoms with van der Waals surface area (Å²) in [5.41, 5.74) is 3.96. The van der Waals surface area contributed by atoms with E-state index in [-0.39, 0.29) is 5.91 Å². The SMILES string of the molecule is COc1ccc(CCN(Cc2ccc(OCc3ccccc3)cc2)Cc2nc(C(=O)N3CCC4(CC3)OCCO4)cs2)cc1OC. The van der Waals surface area contributed by atoms with Crippen LogP contribution in [0.2, 0.25) is 0 Å². The topological polar surface area (TPSA) is 82.6 Å². The van der Waals surface area contributed by atoms with Crippen LogP contribution in [0, 0.1) is 0 Å². The summed E-state index contributed by atoms with van der Waals surface area (Å²) in [6, 6.07) is 24.5. The fourth-order valence-corrected chi connectivity index (χ4v) is 6.71. The molecule has 2 aliphatic rings. The number of rotatable bonds is 13. The van der Waals surface area contributed by atoms with Crippen LogP contribution in [0.15, 0.2) is 78.2 Å². The van der Waals surface area contributed by atoms with Gasteiger partial charge in [0.25, 0.3) is 5.91 Å². The van der Waals surface area contributed by atoms with Crippen molar-refractivity contribution in [3.05, 3.63) is 106 Å². The number of nitrogens with zero attached hydrogens (tertiary/aromatic N) is 3. The van der Waals surface area contributed by atoms with E-state index >= 15 is 0 Å². The maximum Gasteiger partial charge on any atom is 0.273 e. The highest BCUT2D eigenvalue weighted by atomic mass is 32.1. The number of hydrogen-bond donors (Lipinski definition) is 0. The van der Waals surface area contributed by atoms with E-state index in [9.17, 15) is 4.79 Å². The molecule has 0 atom stereocenters. The predicted octanol–water partition coefficient (Wildman–Crippen LogP) is 5.96. The van der Waals surface area contributed by atoms with Gasteiger partial charge in [0.15, 0.2) is 17.3 Å². The molecule has 6 rings (SSSR count). The molecule has 0 saturated carbocycles. The van der Waals surface area contributed by atoms with Gasteiger partial charge in [0.2, 0.25) is 0 Å². The van der Waals surface area contributed by atoms with Crippen LogP contribution in [0.1, 0.15) is 45.0 Å². The first kappa shape index (κ1) is 32.0. The second-order valence-electron chi connectivity index (χ2n) is 11.6. The van der Waals surface area contributed by atoms with Crippen molar-refractivity contribution in [1.82, 2.24) is 14.8 Å². The molecule has 0 bridgehead atoms. The second-order valence-corrected chi connectivity index (χ2v) is 12.5. The van der Waals surface area contributed by atoms with E-state index in [0.29, 0.717) is 63.7 Å². The Morgan fingerprint density at radius 3 is 2.33 bits per heavy atom. The first-order valence-electron chi connectivity index (χ1n) is 15.7. The quantitative estimate of drug-likeness (QED) is 0.177. The number of piperidine rings is 1. The third kappa shape index (κ3) is 8.06. The van der Waals surface area contributed by atoms with Gasteiger partial charge >= 0.3 is 0 Å². The van der Waals surface area contributed by atoms with E-state index in [1.165, 1.54) is 16.9 Å². The Hall–Kier alpha value is -3.96. The molecular weight excluding hydrogens is 602 g/mol. The lowest BCUT2D eigenvalue weighted by Gasteiger charge is -2.37. The third-order valence-corrected chi connectivity index (χ3v) is 9.33. The number of thiazole rings is 1. The Bertz CT molecular complexity index is 1560. The van der Waals surface area contributed by atoms with Crippen molar-refractivity contribution in [2.45, 2.75) is 44.7 Å². The summed E-state index contributed by atoms with van der Waals surface area (Å²) in [5, 5.41) is 2.80. The van der Waals surface area contributed by atoms with E-state index in [1.54, 1.807) is 14.2 Å². The minimum absolute atomic E-state index is 0.0293. The fraction of sp³-hybridized carbons (Fsp3) is 0.389. The Balaban J connectivity index is 1.11. The monoisotopic (exact) mass is 643 g/mol. The van der Waals surface area contributed by atoms with Crippen LogP contribution >= 0.6 is 11.3 Å². The summed E-state index contributed by atoms with van der Waals surface area (Å²) >= 11 is 1.53. The normalized spacial score (nSPS) is 15.8. The maximum absolute atomic E-state index is 13.3. The van der Waals surface area contributed by atoms with Crippen molar-refractivity contribution >= 4 is 17.2 Å². The Kier molecular flexibility index (Phi) is 10.5. The van der Waals surface area contributed by atoms with Crippen LogP contribution in [0.5, 0.6) is 17.2 Å². The Labute approximate surface area is 274 Å². The number of carbonyl (C=O) groups excluding carboxylic acids is 1. The van der Waals surface area contributed by atoms with E-state index in [1.807, 2.05) is 52.7 Å². The molecule has 0 aliphatic carbocycles. The van der Waals surface area contributed by atoms with Crippen molar-refractivity contribution in [2.75, 3.05) is 47.1 Å². The molecule has 46 heavy (non-hydrogen) atoms. The van der Waals surface area contributed by atoms with Gasteiger partial charge in [0, 0.05) is 44.4 Å². The average molecular weight is 644 g/mol. The molecule has 2 saturated heterocycles. The number of likely N-dealkylation sites (tertiary alicyclic amines) is 1. The zero-order chi connectivity index (χ0) is 31.8. The van der Waals surface area contributed by atoms with Crippen molar-refractivity contribution < 1.29 is 28.5 Å². The zero-order valence-electron chi connectivity index (χ0n) is 26.5. The first-order valence-corrected chi connectivity index (χ1v) is 16.6. The van der Waals surface area contributed by atoms with Crippen LogP contribution in [0.3, 0.4) is 0 Å². The Morgan fingerprint density at radius 1 is 0.891 bits per heavy atom. The summed E-state index contributed by atoms with van der Waals surface area (Å²) in [4.78, 5) is 22.4. The third-order valence-electron chi connectivity index (χ3n) is 8.50. The summed E-state index contributed by atoms with van der Waals surface area (Å²) < 4.78 is 28.6. The molecule has 4 aromatic rings. The minimum Gasteiger partial charge on any atom is -0.493 e. The second kappa shape index (κ2) is 15.1. The molecule has 1 spiro atoms. The van der Waals surface area contributed by atoms with E-state index < -0.39 is 5.79 Å². The number of benzene rings is 3. The van der Waals surface area contributed by atoms with Crippen molar-refractivity contribution in [3.63, 3.8) is 0 Å². The number of carbonyl (C=O) groups is 1. The number of methoxy groups -OCH3 is 2. The minimum atomic E-state index is -0.509. The van der Waals surface area contributed by atoms with Crippen LogP contribution in [-0.4, -0.2) is 73.5 Å².